The summed E-state index contributed by atoms with van der Waals surface area (Å²) >= 11 is 0. The number of carboxylic acids is 1. The van der Waals surface area contributed by atoms with Crippen LogP contribution in [0, 0.1) is 0 Å². The van der Waals surface area contributed by atoms with Crippen molar-refractivity contribution in [2.75, 3.05) is 20.7 Å². The van der Waals surface area contributed by atoms with Crippen LogP contribution in [-0.2, 0) is 11.2 Å². The Kier molecular flexibility index (Phi) is 4.97. The maximum atomic E-state index is 10.8. The van der Waals surface area contributed by atoms with E-state index in [1.807, 2.05) is 36.2 Å². The summed E-state index contributed by atoms with van der Waals surface area (Å²) in [5.74, 6) is 0.0366. The van der Waals surface area contributed by atoms with Gasteiger partial charge in [0, 0.05) is 6.54 Å². The molecule has 4 heteroatoms. The molecule has 1 rings (SSSR count). The summed E-state index contributed by atoms with van der Waals surface area (Å²) < 4.78 is 5.14. The van der Waals surface area contributed by atoms with E-state index in [4.69, 9.17) is 9.84 Å². The van der Waals surface area contributed by atoms with Crippen molar-refractivity contribution in [3.05, 3.63) is 29.8 Å². The number of benzene rings is 1. The van der Waals surface area contributed by atoms with Crippen LogP contribution in [-0.4, -0.2) is 42.7 Å². The van der Waals surface area contributed by atoms with Crippen molar-refractivity contribution in [2.24, 2.45) is 0 Å². The fourth-order valence-electron chi connectivity index (χ4n) is 1.52. The Balaban J connectivity index is 2.52. The van der Waals surface area contributed by atoms with Gasteiger partial charge in [0.05, 0.1) is 7.11 Å². The lowest BCUT2D eigenvalue weighted by molar-refractivity contribution is -0.142. The molecule has 1 unspecified atom stereocenters. The minimum Gasteiger partial charge on any atom is -0.497 e. The van der Waals surface area contributed by atoms with Gasteiger partial charge in [0.1, 0.15) is 11.8 Å². The molecular weight excluding hydrogens is 218 g/mol. The smallest absolute Gasteiger partial charge is 0.320 e. The average molecular weight is 237 g/mol. The Bertz CT molecular complexity index is 379. The zero-order valence-electron chi connectivity index (χ0n) is 10.5. The molecule has 0 fully saturated rings. The first-order chi connectivity index (χ1) is 8.04. The van der Waals surface area contributed by atoms with Crippen LogP contribution < -0.4 is 4.74 Å². The fourth-order valence-corrected chi connectivity index (χ4v) is 1.52. The third kappa shape index (κ3) is 4.07. The predicted octanol–water partition coefficient (Wildman–Crippen LogP) is 1.64. The van der Waals surface area contributed by atoms with Gasteiger partial charge in [-0.15, -0.1) is 0 Å². The highest BCUT2D eigenvalue weighted by Gasteiger charge is 2.15. The lowest BCUT2D eigenvalue weighted by atomic mass is 10.1. The molecule has 1 aromatic carbocycles. The lowest BCUT2D eigenvalue weighted by Gasteiger charge is -2.20. The van der Waals surface area contributed by atoms with Crippen LogP contribution in [0.15, 0.2) is 24.3 Å². The number of aliphatic carboxylic acids is 1. The van der Waals surface area contributed by atoms with Crippen LogP contribution in [0.2, 0.25) is 0 Å². The SMILES string of the molecule is COc1cccc(CCN(C)C(C)C(=O)O)c1. The van der Waals surface area contributed by atoms with Gasteiger partial charge < -0.3 is 9.84 Å². The van der Waals surface area contributed by atoms with Gasteiger partial charge in [0.25, 0.3) is 0 Å². The topological polar surface area (TPSA) is 49.8 Å². The summed E-state index contributed by atoms with van der Waals surface area (Å²) in [6, 6.07) is 7.36. The number of rotatable bonds is 6. The highest BCUT2D eigenvalue weighted by molar-refractivity contribution is 5.72. The summed E-state index contributed by atoms with van der Waals surface area (Å²) in [4.78, 5) is 12.6. The van der Waals surface area contributed by atoms with E-state index >= 15 is 0 Å². The second-order valence-electron chi connectivity index (χ2n) is 4.10. The normalized spacial score (nSPS) is 12.5. The monoisotopic (exact) mass is 237 g/mol. The van der Waals surface area contributed by atoms with Crippen molar-refractivity contribution in [2.45, 2.75) is 19.4 Å². The molecule has 0 spiro atoms. The van der Waals surface area contributed by atoms with E-state index in [1.54, 1.807) is 14.0 Å². The number of carbonyl (C=O) groups is 1. The third-order valence-electron chi connectivity index (χ3n) is 2.91. The number of hydrogen-bond acceptors (Lipinski definition) is 3. The highest BCUT2D eigenvalue weighted by Crippen LogP contribution is 2.13. The Morgan fingerprint density at radius 2 is 2.24 bits per heavy atom. The van der Waals surface area contributed by atoms with Gasteiger partial charge in [0.15, 0.2) is 0 Å². The third-order valence-corrected chi connectivity index (χ3v) is 2.91. The molecule has 0 aliphatic rings. The average Bonchev–Trinajstić information content (AvgIpc) is 2.35. The van der Waals surface area contributed by atoms with Gasteiger partial charge in [-0.1, -0.05) is 12.1 Å². The van der Waals surface area contributed by atoms with Gasteiger partial charge in [0.2, 0.25) is 0 Å². The molecule has 0 heterocycles. The Morgan fingerprint density at radius 3 is 2.82 bits per heavy atom. The molecule has 0 saturated carbocycles. The largest absolute Gasteiger partial charge is 0.497 e. The van der Waals surface area contributed by atoms with E-state index in [0.717, 1.165) is 17.7 Å². The summed E-state index contributed by atoms with van der Waals surface area (Å²) in [5.41, 5.74) is 1.15. The van der Waals surface area contributed by atoms with Crippen molar-refractivity contribution in [1.29, 1.82) is 0 Å². The van der Waals surface area contributed by atoms with Crippen LogP contribution in [0.4, 0.5) is 0 Å². The molecule has 0 saturated heterocycles. The molecule has 17 heavy (non-hydrogen) atoms. The molecule has 0 aliphatic heterocycles. The lowest BCUT2D eigenvalue weighted by Crippen LogP contribution is -2.37. The van der Waals surface area contributed by atoms with E-state index in [2.05, 4.69) is 0 Å². The van der Waals surface area contributed by atoms with E-state index in [9.17, 15) is 4.79 Å². The molecular formula is C13H19NO3. The standard InChI is InChI=1S/C13H19NO3/c1-10(13(15)16)14(2)8-7-11-5-4-6-12(9-11)17-3/h4-6,9-10H,7-8H2,1-3H3,(H,15,16). The number of ether oxygens (including phenoxy) is 1. The first-order valence-electron chi connectivity index (χ1n) is 5.60. The van der Waals surface area contributed by atoms with Gasteiger partial charge in [-0.25, -0.2) is 0 Å². The van der Waals surface area contributed by atoms with E-state index in [1.165, 1.54) is 0 Å². The summed E-state index contributed by atoms with van der Waals surface area (Å²) in [6.07, 6.45) is 0.811. The molecule has 0 radical (unpaired) electrons. The van der Waals surface area contributed by atoms with Gasteiger partial charge in [-0.05, 0) is 38.1 Å². The summed E-state index contributed by atoms with van der Waals surface area (Å²) in [7, 11) is 3.46. The molecule has 1 N–H and O–H groups in total. The van der Waals surface area contributed by atoms with Crippen molar-refractivity contribution >= 4 is 5.97 Å². The highest BCUT2D eigenvalue weighted by atomic mass is 16.5. The number of likely N-dealkylation sites (N-methyl/N-ethyl adjacent to an activating group) is 1. The molecule has 0 amide bonds. The van der Waals surface area contributed by atoms with Crippen LogP contribution in [0.1, 0.15) is 12.5 Å². The number of carboxylic acid groups (broad SMARTS) is 1. The zero-order valence-corrected chi connectivity index (χ0v) is 10.5. The molecule has 0 bridgehead atoms. The van der Waals surface area contributed by atoms with E-state index < -0.39 is 12.0 Å². The van der Waals surface area contributed by atoms with Crippen LogP contribution in [0.25, 0.3) is 0 Å². The summed E-state index contributed by atoms with van der Waals surface area (Å²) in [5, 5.41) is 8.87. The van der Waals surface area contributed by atoms with E-state index in [-0.39, 0.29) is 0 Å². The minimum absolute atomic E-state index is 0.458. The van der Waals surface area contributed by atoms with Crippen LogP contribution in [0.5, 0.6) is 5.75 Å². The van der Waals surface area contributed by atoms with Gasteiger partial charge in [-0.2, -0.15) is 0 Å². The van der Waals surface area contributed by atoms with Crippen molar-refractivity contribution in [3.63, 3.8) is 0 Å². The first kappa shape index (κ1) is 13.5. The quantitative estimate of drug-likeness (QED) is 0.817. The molecule has 0 aromatic heterocycles. The van der Waals surface area contributed by atoms with Crippen LogP contribution >= 0.6 is 0 Å². The van der Waals surface area contributed by atoms with Gasteiger partial charge in [-0.3, -0.25) is 9.69 Å². The molecule has 1 aromatic rings. The van der Waals surface area contributed by atoms with E-state index in [0.29, 0.717) is 6.54 Å². The molecule has 4 nitrogen and oxygen atoms in total. The minimum atomic E-state index is -0.793. The van der Waals surface area contributed by atoms with Gasteiger partial charge >= 0.3 is 5.97 Å². The Hall–Kier alpha value is -1.55. The maximum Gasteiger partial charge on any atom is 0.320 e. The number of nitrogens with zero attached hydrogens (tertiary/aromatic N) is 1. The number of methoxy groups -OCH3 is 1. The zero-order chi connectivity index (χ0) is 12.8. The first-order valence-corrected chi connectivity index (χ1v) is 5.60. The Labute approximate surface area is 102 Å². The van der Waals surface area contributed by atoms with Crippen LogP contribution in [0.3, 0.4) is 0 Å². The maximum absolute atomic E-state index is 10.8. The summed E-state index contributed by atoms with van der Waals surface area (Å²) in [6.45, 7) is 2.40. The van der Waals surface area contributed by atoms with Crippen molar-refractivity contribution in [1.82, 2.24) is 4.90 Å². The Morgan fingerprint density at radius 1 is 1.53 bits per heavy atom. The molecule has 0 aliphatic carbocycles. The van der Waals surface area contributed by atoms with Crippen molar-refractivity contribution in [3.8, 4) is 5.75 Å². The molecule has 94 valence electrons. The molecule has 1 atom stereocenters. The fraction of sp³-hybridized carbons (Fsp3) is 0.462. The second-order valence-corrected chi connectivity index (χ2v) is 4.10. The predicted molar refractivity (Wildman–Crippen MR) is 66.4 cm³/mol. The number of hydrogen-bond donors (Lipinski definition) is 1. The second kappa shape index (κ2) is 6.25. The van der Waals surface area contributed by atoms with Crippen molar-refractivity contribution < 1.29 is 14.6 Å².